The predicted octanol–water partition coefficient (Wildman–Crippen LogP) is 2.06. The van der Waals surface area contributed by atoms with Crippen molar-refractivity contribution >= 4 is 5.97 Å². The third-order valence-electron chi connectivity index (χ3n) is 2.65. The number of benzene rings is 1. The van der Waals surface area contributed by atoms with Crippen molar-refractivity contribution in [3.63, 3.8) is 0 Å². The molecule has 88 valence electrons. The molecule has 0 aliphatic heterocycles. The minimum absolute atomic E-state index is 0.198. The van der Waals surface area contributed by atoms with Crippen LogP contribution in [0.15, 0.2) is 30.3 Å². The molecule has 0 aromatic heterocycles. The Hall–Kier alpha value is -1.35. The lowest BCUT2D eigenvalue weighted by atomic mass is 9.92. The molecule has 0 fully saturated rings. The number of carbonyl (C=O) groups is 1. The van der Waals surface area contributed by atoms with Gasteiger partial charge in [-0.15, -0.1) is 0 Å². The van der Waals surface area contributed by atoms with E-state index in [0.29, 0.717) is 6.54 Å². The maximum absolute atomic E-state index is 10.7. The van der Waals surface area contributed by atoms with E-state index < -0.39 is 5.97 Å². The Kier molecular flexibility index (Phi) is 5.57. The maximum atomic E-state index is 10.7. The molecule has 0 saturated heterocycles. The minimum atomic E-state index is -0.724. The number of carboxylic acids is 1. The molecule has 1 atom stereocenters. The molecule has 0 heterocycles. The average Bonchev–Trinajstić information content (AvgIpc) is 2.26. The fourth-order valence-corrected chi connectivity index (χ4v) is 1.88. The van der Waals surface area contributed by atoms with Gasteiger partial charge in [0.2, 0.25) is 0 Å². The summed E-state index contributed by atoms with van der Waals surface area (Å²) < 4.78 is 0. The van der Waals surface area contributed by atoms with Crippen molar-refractivity contribution in [3.8, 4) is 0 Å². The van der Waals surface area contributed by atoms with Crippen LogP contribution in [0, 0.1) is 5.92 Å². The Morgan fingerprint density at radius 2 is 2.00 bits per heavy atom. The van der Waals surface area contributed by atoms with Gasteiger partial charge in [0.15, 0.2) is 0 Å². The number of hydrogen-bond acceptors (Lipinski definition) is 2. The lowest BCUT2D eigenvalue weighted by molar-refractivity contribution is -0.138. The zero-order valence-corrected chi connectivity index (χ0v) is 9.43. The number of aliphatic carboxylic acids is 1. The molecule has 0 bridgehead atoms. The summed E-state index contributed by atoms with van der Waals surface area (Å²) in [6, 6.07) is 10.0. The molecule has 1 aromatic carbocycles. The zero-order chi connectivity index (χ0) is 11.8. The quantitative estimate of drug-likeness (QED) is 0.740. The summed E-state index contributed by atoms with van der Waals surface area (Å²) in [6.45, 7) is 0.630. The van der Waals surface area contributed by atoms with Crippen LogP contribution >= 0.6 is 0 Å². The molecule has 1 rings (SSSR count). The molecule has 1 unspecified atom stereocenters. The summed E-state index contributed by atoms with van der Waals surface area (Å²) in [5.74, 6) is -0.526. The molecule has 3 heteroatoms. The van der Waals surface area contributed by atoms with Gasteiger partial charge in [0.05, 0.1) is 0 Å². The summed E-state index contributed by atoms with van der Waals surface area (Å²) >= 11 is 0. The Morgan fingerprint density at radius 1 is 1.31 bits per heavy atom. The van der Waals surface area contributed by atoms with E-state index in [4.69, 9.17) is 10.8 Å². The van der Waals surface area contributed by atoms with E-state index >= 15 is 0 Å². The highest BCUT2D eigenvalue weighted by Crippen LogP contribution is 2.17. The first-order chi connectivity index (χ1) is 7.72. The van der Waals surface area contributed by atoms with Gasteiger partial charge in [-0.25, -0.2) is 0 Å². The first kappa shape index (κ1) is 12.7. The summed E-state index contributed by atoms with van der Waals surface area (Å²) in [7, 11) is 0. The minimum Gasteiger partial charge on any atom is -0.481 e. The molecule has 0 aliphatic carbocycles. The summed E-state index contributed by atoms with van der Waals surface area (Å²) in [5.41, 5.74) is 6.65. The molecule has 0 spiro atoms. The zero-order valence-electron chi connectivity index (χ0n) is 9.43. The highest BCUT2D eigenvalue weighted by molar-refractivity contribution is 5.67. The second kappa shape index (κ2) is 7.01. The Morgan fingerprint density at radius 3 is 2.56 bits per heavy atom. The van der Waals surface area contributed by atoms with Crippen molar-refractivity contribution < 1.29 is 9.90 Å². The van der Waals surface area contributed by atoms with E-state index in [0.717, 1.165) is 19.3 Å². The first-order valence-corrected chi connectivity index (χ1v) is 5.68. The van der Waals surface area contributed by atoms with Crippen LogP contribution in [-0.4, -0.2) is 17.6 Å². The molecule has 0 saturated carbocycles. The maximum Gasteiger partial charge on any atom is 0.303 e. The summed E-state index contributed by atoms with van der Waals surface area (Å²) in [6.07, 6.45) is 2.84. The molecule has 16 heavy (non-hydrogen) atoms. The number of carboxylic acid groups (broad SMARTS) is 1. The lowest BCUT2D eigenvalue weighted by Gasteiger charge is -2.14. The molecule has 3 nitrogen and oxygen atoms in total. The predicted molar refractivity (Wildman–Crippen MR) is 64.2 cm³/mol. The third kappa shape index (κ3) is 4.94. The Balaban J connectivity index is 2.52. The largest absolute Gasteiger partial charge is 0.481 e. The molecule has 0 aliphatic rings. The van der Waals surface area contributed by atoms with Crippen LogP contribution in [0.4, 0.5) is 0 Å². The fourth-order valence-electron chi connectivity index (χ4n) is 1.88. The molecule has 0 amide bonds. The fraction of sp³-hybridized carbons (Fsp3) is 0.462. The molecular weight excluding hydrogens is 202 g/mol. The van der Waals surface area contributed by atoms with Gasteiger partial charge in [0.25, 0.3) is 0 Å². The first-order valence-electron chi connectivity index (χ1n) is 5.68. The van der Waals surface area contributed by atoms with Crippen LogP contribution in [0.1, 0.15) is 24.8 Å². The molecule has 0 radical (unpaired) electrons. The number of nitrogens with two attached hydrogens (primary N) is 1. The molecule has 3 N–H and O–H groups in total. The second-order valence-electron chi connectivity index (χ2n) is 4.08. The molecular formula is C13H19NO2. The number of rotatable bonds is 7. The topological polar surface area (TPSA) is 63.3 Å². The van der Waals surface area contributed by atoms with Gasteiger partial charge < -0.3 is 10.8 Å². The van der Waals surface area contributed by atoms with Gasteiger partial charge in [0.1, 0.15) is 0 Å². The van der Waals surface area contributed by atoms with Crippen LogP contribution in [-0.2, 0) is 11.2 Å². The van der Waals surface area contributed by atoms with Crippen LogP contribution < -0.4 is 5.73 Å². The van der Waals surface area contributed by atoms with Crippen molar-refractivity contribution in [2.24, 2.45) is 11.7 Å². The summed E-state index contributed by atoms with van der Waals surface area (Å²) in [5, 5.41) is 8.83. The van der Waals surface area contributed by atoms with Gasteiger partial charge in [-0.05, 0) is 37.3 Å². The Labute approximate surface area is 96.3 Å². The van der Waals surface area contributed by atoms with Gasteiger partial charge in [-0.3, -0.25) is 4.79 Å². The van der Waals surface area contributed by atoms with Crippen molar-refractivity contribution in [1.82, 2.24) is 0 Å². The van der Waals surface area contributed by atoms with E-state index in [-0.39, 0.29) is 12.3 Å². The SMILES string of the molecule is NCCCC(CC(=O)O)Cc1ccccc1. The van der Waals surface area contributed by atoms with Gasteiger partial charge in [-0.2, -0.15) is 0 Å². The highest BCUT2D eigenvalue weighted by atomic mass is 16.4. The van der Waals surface area contributed by atoms with E-state index in [1.165, 1.54) is 5.56 Å². The average molecular weight is 221 g/mol. The highest BCUT2D eigenvalue weighted by Gasteiger charge is 2.13. The van der Waals surface area contributed by atoms with E-state index in [1.807, 2.05) is 30.3 Å². The van der Waals surface area contributed by atoms with Gasteiger partial charge in [0, 0.05) is 6.42 Å². The van der Waals surface area contributed by atoms with Crippen LogP contribution in [0.25, 0.3) is 0 Å². The van der Waals surface area contributed by atoms with Gasteiger partial charge >= 0.3 is 5.97 Å². The van der Waals surface area contributed by atoms with E-state index in [9.17, 15) is 4.79 Å². The summed E-state index contributed by atoms with van der Waals surface area (Å²) in [4.78, 5) is 10.7. The third-order valence-corrected chi connectivity index (χ3v) is 2.65. The van der Waals surface area contributed by atoms with Crippen molar-refractivity contribution in [2.45, 2.75) is 25.7 Å². The van der Waals surface area contributed by atoms with Crippen molar-refractivity contribution in [1.29, 1.82) is 0 Å². The Bertz CT molecular complexity index is 311. The van der Waals surface area contributed by atoms with E-state index in [1.54, 1.807) is 0 Å². The smallest absolute Gasteiger partial charge is 0.303 e. The van der Waals surface area contributed by atoms with Crippen LogP contribution in [0.2, 0.25) is 0 Å². The lowest BCUT2D eigenvalue weighted by Crippen LogP contribution is -2.12. The normalized spacial score (nSPS) is 12.3. The number of hydrogen-bond donors (Lipinski definition) is 2. The second-order valence-corrected chi connectivity index (χ2v) is 4.08. The van der Waals surface area contributed by atoms with Gasteiger partial charge in [-0.1, -0.05) is 30.3 Å². The standard InChI is InChI=1S/C13H19NO2/c14-8-4-7-12(10-13(15)16)9-11-5-2-1-3-6-11/h1-3,5-6,12H,4,7-10,14H2,(H,15,16). The van der Waals surface area contributed by atoms with Crippen LogP contribution in [0.3, 0.4) is 0 Å². The van der Waals surface area contributed by atoms with Crippen molar-refractivity contribution in [2.75, 3.05) is 6.54 Å². The molecule has 1 aromatic rings. The monoisotopic (exact) mass is 221 g/mol. The van der Waals surface area contributed by atoms with Crippen LogP contribution in [0.5, 0.6) is 0 Å². The van der Waals surface area contributed by atoms with Crippen molar-refractivity contribution in [3.05, 3.63) is 35.9 Å². The van der Waals surface area contributed by atoms with E-state index in [2.05, 4.69) is 0 Å².